The van der Waals surface area contributed by atoms with Gasteiger partial charge in [0.2, 0.25) is 0 Å². The molecule has 1 aliphatic rings. The smallest absolute Gasteiger partial charge is 0.167 e. The lowest BCUT2D eigenvalue weighted by atomic mass is 9.90. The quantitative estimate of drug-likeness (QED) is 0.771. The Morgan fingerprint density at radius 3 is 2.77 bits per heavy atom. The van der Waals surface area contributed by atoms with Crippen LogP contribution < -0.4 is 14.4 Å². The Hall–Kier alpha value is -3.07. The number of Topliss-reactive ketones (excluding diaryl/α,β-unsaturated/α-hetero) is 1. The zero-order valence-corrected chi connectivity index (χ0v) is 14.9. The van der Waals surface area contributed by atoms with Gasteiger partial charge in [0.05, 0.1) is 25.9 Å². The number of piperidine rings is 1. The summed E-state index contributed by atoms with van der Waals surface area (Å²) in [5.41, 5.74) is 1.19. The fraction of sp³-hybridized carbons (Fsp3) is 0.350. The Morgan fingerprint density at radius 1 is 1.23 bits per heavy atom. The Morgan fingerprint density at radius 2 is 2.04 bits per heavy atom. The van der Waals surface area contributed by atoms with E-state index < -0.39 is 0 Å². The molecule has 0 spiro atoms. The van der Waals surface area contributed by atoms with E-state index in [0.717, 1.165) is 25.2 Å². The van der Waals surface area contributed by atoms with Gasteiger partial charge in [-0.3, -0.25) is 4.79 Å². The fourth-order valence-corrected chi connectivity index (χ4v) is 3.29. The molecule has 0 unspecified atom stereocenters. The van der Waals surface area contributed by atoms with Gasteiger partial charge in [-0.25, -0.2) is 4.98 Å². The molecule has 1 aromatic carbocycles. The van der Waals surface area contributed by atoms with Crippen LogP contribution in [0.15, 0.2) is 36.5 Å². The first-order chi connectivity index (χ1) is 12.7. The van der Waals surface area contributed by atoms with Crippen LogP contribution >= 0.6 is 0 Å². The van der Waals surface area contributed by atoms with Gasteiger partial charge in [-0.05, 0) is 43.2 Å². The second-order valence-electron chi connectivity index (χ2n) is 6.23. The second kappa shape index (κ2) is 7.87. The highest BCUT2D eigenvalue weighted by Gasteiger charge is 2.28. The summed E-state index contributed by atoms with van der Waals surface area (Å²) >= 11 is 0. The van der Waals surface area contributed by atoms with E-state index in [1.165, 1.54) is 0 Å². The van der Waals surface area contributed by atoms with Crippen LogP contribution in [0.25, 0.3) is 0 Å². The molecule has 0 saturated carbocycles. The number of benzene rings is 1. The molecule has 0 aliphatic carbocycles. The van der Waals surface area contributed by atoms with Crippen LogP contribution in [-0.4, -0.2) is 38.1 Å². The minimum Gasteiger partial charge on any atom is -0.493 e. The van der Waals surface area contributed by atoms with Crippen molar-refractivity contribution in [2.24, 2.45) is 5.92 Å². The Labute approximate surface area is 153 Å². The van der Waals surface area contributed by atoms with Crippen molar-refractivity contribution in [2.75, 3.05) is 32.2 Å². The Bertz CT molecular complexity index is 844. The van der Waals surface area contributed by atoms with Crippen molar-refractivity contribution in [1.29, 1.82) is 5.26 Å². The van der Waals surface area contributed by atoms with Crippen LogP contribution in [0.1, 0.15) is 28.8 Å². The maximum absolute atomic E-state index is 13.0. The van der Waals surface area contributed by atoms with Crippen molar-refractivity contribution in [2.45, 2.75) is 12.8 Å². The van der Waals surface area contributed by atoms with E-state index >= 15 is 0 Å². The molecule has 1 atom stereocenters. The Balaban J connectivity index is 1.79. The maximum Gasteiger partial charge on any atom is 0.167 e. The number of carbonyl (C=O) groups excluding carboxylic acids is 1. The first-order valence-electron chi connectivity index (χ1n) is 8.53. The summed E-state index contributed by atoms with van der Waals surface area (Å²) in [6.45, 7) is 1.42. The number of hydrogen-bond acceptors (Lipinski definition) is 6. The van der Waals surface area contributed by atoms with E-state index in [-0.39, 0.29) is 11.7 Å². The number of rotatable bonds is 5. The monoisotopic (exact) mass is 351 g/mol. The highest BCUT2D eigenvalue weighted by Crippen LogP contribution is 2.30. The number of ketones is 1. The minimum atomic E-state index is -0.116. The van der Waals surface area contributed by atoms with Crippen molar-refractivity contribution >= 4 is 11.6 Å². The summed E-state index contributed by atoms with van der Waals surface area (Å²) in [7, 11) is 3.13. The summed E-state index contributed by atoms with van der Waals surface area (Å²) < 4.78 is 10.5. The summed E-state index contributed by atoms with van der Waals surface area (Å²) in [6, 6.07) is 10.8. The molecular weight excluding hydrogens is 330 g/mol. The third kappa shape index (κ3) is 3.62. The zero-order valence-electron chi connectivity index (χ0n) is 14.9. The van der Waals surface area contributed by atoms with Crippen molar-refractivity contribution in [3.63, 3.8) is 0 Å². The van der Waals surface area contributed by atoms with Gasteiger partial charge in [-0.1, -0.05) is 0 Å². The minimum absolute atomic E-state index is 0.0899. The number of pyridine rings is 1. The molecule has 1 fully saturated rings. The normalized spacial score (nSPS) is 16.7. The molecule has 3 rings (SSSR count). The first kappa shape index (κ1) is 17.7. The van der Waals surface area contributed by atoms with E-state index in [2.05, 4.69) is 16.0 Å². The SMILES string of the molecule is COc1ccc(C(=O)[C@@H]2CCCN(c3cc(C#N)ccn3)C2)cc1OC. The van der Waals surface area contributed by atoms with Crippen LogP contribution in [0.3, 0.4) is 0 Å². The van der Waals surface area contributed by atoms with E-state index in [1.54, 1.807) is 50.7 Å². The van der Waals surface area contributed by atoms with E-state index in [1.807, 2.05) is 0 Å². The molecule has 1 aromatic heterocycles. The van der Waals surface area contributed by atoms with Crippen molar-refractivity contribution in [3.8, 4) is 17.6 Å². The molecule has 0 bridgehead atoms. The van der Waals surface area contributed by atoms with Crippen molar-refractivity contribution in [3.05, 3.63) is 47.7 Å². The summed E-state index contributed by atoms with van der Waals surface area (Å²) in [4.78, 5) is 19.4. The third-order valence-electron chi connectivity index (χ3n) is 4.66. The van der Waals surface area contributed by atoms with Crippen LogP contribution in [0, 0.1) is 17.2 Å². The van der Waals surface area contributed by atoms with Crippen LogP contribution in [0.5, 0.6) is 11.5 Å². The largest absolute Gasteiger partial charge is 0.493 e. The lowest BCUT2D eigenvalue weighted by Crippen LogP contribution is -2.39. The molecule has 0 radical (unpaired) electrons. The highest BCUT2D eigenvalue weighted by molar-refractivity contribution is 5.98. The van der Waals surface area contributed by atoms with Crippen LogP contribution in [0.2, 0.25) is 0 Å². The molecule has 0 N–H and O–H groups in total. The molecule has 134 valence electrons. The van der Waals surface area contributed by atoms with Crippen LogP contribution in [-0.2, 0) is 0 Å². The molecule has 2 heterocycles. The predicted molar refractivity (Wildman–Crippen MR) is 97.8 cm³/mol. The Kier molecular flexibility index (Phi) is 5.37. The van der Waals surface area contributed by atoms with Gasteiger partial charge in [-0.15, -0.1) is 0 Å². The maximum atomic E-state index is 13.0. The number of carbonyl (C=O) groups is 1. The standard InChI is InChI=1S/C20H21N3O3/c1-25-17-6-5-15(11-18(17)26-2)20(24)16-4-3-9-23(13-16)19-10-14(12-21)7-8-22-19/h5-8,10-11,16H,3-4,9,13H2,1-2H3/t16-/m1/s1. The van der Waals surface area contributed by atoms with Crippen LogP contribution in [0.4, 0.5) is 5.82 Å². The molecule has 6 nitrogen and oxygen atoms in total. The van der Waals surface area contributed by atoms with Crippen molar-refractivity contribution < 1.29 is 14.3 Å². The third-order valence-corrected chi connectivity index (χ3v) is 4.66. The first-order valence-corrected chi connectivity index (χ1v) is 8.53. The molecule has 26 heavy (non-hydrogen) atoms. The molecule has 1 saturated heterocycles. The zero-order chi connectivity index (χ0) is 18.5. The number of aromatic nitrogens is 1. The average Bonchev–Trinajstić information content (AvgIpc) is 2.72. The molecule has 6 heteroatoms. The molecular formula is C20H21N3O3. The second-order valence-corrected chi connectivity index (χ2v) is 6.23. The fourth-order valence-electron chi connectivity index (χ4n) is 3.29. The number of nitrogens with zero attached hydrogens (tertiary/aromatic N) is 3. The van der Waals surface area contributed by atoms with E-state index in [9.17, 15) is 4.79 Å². The average molecular weight is 351 g/mol. The van der Waals surface area contributed by atoms with Gasteiger partial charge in [0.25, 0.3) is 0 Å². The number of methoxy groups -OCH3 is 2. The van der Waals surface area contributed by atoms with Gasteiger partial charge in [0.1, 0.15) is 5.82 Å². The van der Waals surface area contributed by atoms with Crippen molar-refractivity contribution in [1.82, 2.24) is 4.98 Å². The van der Waals surface area contributed by atoms with Gasteiger partial charge >= 0.3 is 0 Å². The summed E-state index contributed by atoms with van der Waals surface area (Å²) in [6.07, 6.45) is 3.37. The summed E-state index contributed by atoms with van der Waals surface area (Å²) in [5.74, 6) is 1.87. The van der Waals surface area contributed by atoms with E-state index in [0.29, 0.717) is 29.2 Å². The number of nitriles is 1. The molecule has 1 aliphatic heterocycles. The number of ether oxygens (including phenoxy) is 2. The lowest BCUT2D eigenvalue weighted by Gasteiger charge is -2.33. The van der Waals surface area contributed by atoms with Gasteiger partial charge < -0.3 is 14.4 Å². The predicted octanol–water partition coefficient (Wildman–Crippen LogP) is 3.07. The lowest BCUT2D eigenvalue weighted by molar-refractivity contribution is 0.0906. The highest BCUT2D eigenvalue weighted by atomic mass is 16.5. The molecule has 2 aromatic rings. The topological polar surface area (TPSA) is 75.5 Å². The van der Waals surface area contributed by atoms with E-state index in [4.69, 9.17) is 14.7 Å². The number of anilines is 1. The number of hydrogen-bond donors (Lipinski definition) is 0. The van der Waals surface area contributed by atoms with Gasteiger partial charge in [0, 0.05) is 30.8 Å². The van der Waals surface area contributed by atoms with Gasteiger partial charge in [0.15, 0.2) is 17.3 Å². The van der Waals surface area contributed by atoms with Gasteiger partial charge in [-0.2, -0.15) is 5.26 Å². The summed E-state index contributed by atoms with van der Waals surface area (Å²) in [5, 5.41) is 9.07. The molecule has 0 amide bonds.